The Bertz CT molecular complexity index is 844. The predicted octanol–water partition coefficient (Wildman–Crippen LogP) is 2.47. The maximum Gasteiger partial charge on any atom is 0.242 e. The van der Waals surface area contributed by atoms with Crippen molar-refractivity contribution in [3.05, 3.63) is 48.3 Å². The molecule has 24 heavy (non-hydrogen) atoms. The predicted molar refractivity (Wildman–Crippen MR) is 91.6 cm³/mol. The summed E-state index contributed by atoms with van der Waals surface area (Å²) in [5.74, 6) is 1.61. The number of hydrogen-bond donors (Lipinski definition) is 1. The number of carbonyl (C=O) groups is 1. The lowest BCUT2D eigenvalue weighted by atomic mass is 9.96. The van der Waals surface area contributed by atoms with Crippen molar-refractivity contribution < 1.29 is 4.79 Å². The standard InChI is InChI=1S/C18H21N5O/c1-13-3-2-4-15-17(13)21-18(20-15)14-5-8-23(9-6-14)16(24)11-22-10-7-19-12-22/h2-4,7,10,12,14H,5-6,8-9,11H2,1H3,(H,20,21). The number of amides is 1. The van der Waals surface area contributed by atoms with Gasteiger partial charge >= 0.3 is 0 Å². The van der Waals surface area contributed by atoms with E-state index in [2.05, 4.69) is 35.1 Å². The van der Waals surface area contributed by atoms with Crippen molar-refractivity contribution in [1.82, 2.24) is 24.4 Å². The van der Waals surface area contributed by atoms with E-state index in [0.29, 0.717) is 12.5 Å². The van der Waals surface area contributed by atoms with Gasteiger partial charge < -0.3 is 14.5 Å². The summed E-state index contributed by atoms with van der Waals surface area (Å²) in [6.07, 6.45) is 7.11. The molecule has 0 saturated carbocycles. The van der Waals surface area contributed by atoms with Crippen molar-refractivity contribution in [2.45, 2.75) is 32.2 Å². The maximum atomic E-state index is 12.3. The Kier molecular flexibility index (Phi) is 3.80. The summed E-state index contributed by atoms with van der Waals surface area (Å²) in [6.45, 7) is 4.03. The number of piperidine rings is 1. The van der Waals surface area contributed by atoms with Crippen LogP contribution in [0.2, 0.25) is 0 Å². The van der Waals surface area contributed by atoms with Gasteiger partial charge in [-0.15, -0.1) is 0 Å². The van der Waals surface area contributed by atoms with E-state index in [4.69, 9.17) is 4.98 Å². The van der Waals surface area contributed by atoms with Crippen molar-refractivity contribution in [2.24, 2.45) is 0 Å². The number of aromatic amines is 1. The van der Waals surface area contributed by atoms with E-state index in [1.165, 1.54) is 5.56 Å². The molecule has 6 nitrogen and oxygen atoms in total. The van der Waals surface area contributed by atoms with Gasteiger partial charge in [0, 0.05) is 31.4 Å². The van der Waals surface area contributed by atoms with Crippen molar-refractivity contribution in [3.8, 4) is 0 Å². The number of likely N-dealkylation sites (tertiary alicyclic amines) is 1. The molecule has 1 aliphatic rings. The third kappa shape index (κ3) is 2.79. The van der Waals surface area contributed by atoms with Gasteiger partial charge in [-0.2, -0.15) is 0 Å². The summed E-state index contributed by atoms with van der Waals surface area (Å²) >= 11 is 0. The van der Waals surface area contributed by atoms with Gasteiger partial charge in [0.2, 0.25) is 5.91 Å². The SMILES string of the molecule is Cc1cccc2[nH]c(C3CCN(C(=O)Cn4ccnc4)CC3)nc12. The Labute approximate surface area is 140 Å². The number of rotatable bonds is 3. The molecule has 0 unspecified atom stereocenters. The third-order valence-corrected chi connectivity index (χ3v) is 4.84. The minimum atomic E-state index is 0.159. The molecule has 4 rings (SSSR count). The summed E-state index contributed by atoms with van der Waals surface area (Å²) in [5, 5.41) is 0. The first kappa shape index (κ1) is 14.9. The Morgan fingerprint density at radius 2 is 2.17 bits per heavy atom. The number of nitrogens with one attached hydrogen (secondary N) is 1. The summed E-state index contributed by atoms with van der Waals surface area (Å²) in [5.41, 5.74) is 3.36. The first-order valence-corrected chi connectivity index (χ1v) is 8.39. The highest BCUT2D eigenvalue weighted by molar-refractivity contribution is 5.78. The van der Waals surface area contributed by atoms with Crippen LogP contribution in [0.3, 0.4) is 0 Å². The van der Waals surface area contributed by atoms with Gasteiger partial charge in [0.15, 0.2) is 0 Å². The van der Waals surface area contributed by atoms with Crippen molar-refractivity contribution >= 4 is 16.9 Å². The van der Waals surface area contributed by atoms with Gasteiger partial charge in [0.25, 0.3) is 0 Å². The molecule has 1 aliphatic heterocycles. The second kappa shape index (κ2) is 6.11. The minimum absolute atomic E-state index is 0.159. The fourth-order valence-electron chi connectivity index (χ4n) is 3.43. The van der Waals surface area contributed by atoms with Crippen LogP contribution >= 0.6 is 0 Å². The lowest BCUT2D eigenvalue weighted by Gasteiger charge is -2.31. The lowest BCUT2D eigenvalue weighted by molar-refractivity contribution is -0.132. The van der Waals surface area contributed by atoms with Gasteiger partial charge in [-0.05, 0) is 31.4 Å². The molecular formula is C18H21N5O. The Morgan fingerprint density at radius 1 is 1.33 bits per heavy atom. The highest BCUT2D eigenvalue weighted by Crippen LogP contribution is 2.28. The zero-order valence-electron chi connectivity index (χ0n) is 13.8. The number of benzene rings is 1. The first-order chi connectivity index (χ1) is 11.7. The van der Waals surface area contributed by atoms with E-state index in [-0.39, 0.29) is 5.91 Å². The maximum absolute atomic E-state index is 12.3. The molecule has 0 atom stereocenters. The van der Waals surface area contributed by atoms with Gasteiger partial charge in [0.05, 0.1) is 17.4 Å². The molecule has 3 aromatic rings. The second-order valence-electron chi connectivity index (χ2n) is 6.48. The highest BCUT2D eigenvalue weighted by Gasteiger charge is 2.25. The summed E-state index contributed by atoms with van der Waals surface area (Å²) in [4.78, 5) is 26.5. The summed E-state index contributed by atoms with van der Waals surface area (Å²) in [7, 11) is 0. The Balaban J connectivity index is 1.41. The topological polar surface area (TPSA) is 66.8 Å². The van der Waals surface area contributed by atoms with Gasteiger partial charge in [-0.1, -0.05) is 12.1 Å². The van der Waals surface area contributed by atoms with E-state index >= 15 is 0 Å². The molecule has 0 spiro atoms. The molecule has 1 saturated heterocycles. The highest BCUT2D eigenvalue weighted by atomic mass is 16.2. The minimum Gasteiger partial charge on any atom is -0.342 e. The average Bonchev–Trinajstić information content (AvgIpc) is 3.25. The number of para-hydroxylation sites is 1. The van der Waals surface area contributed by atoms with E-state index in [0.717, 1.165) is 42.8 Å². The Morgan fingerprint density at radius 3 is 2.88 bits per heavy atom. The number of fused-ring (bicyclic) bond motifs is 1. The van der Waals surface area contributed by atoms with E-state index < -0.39 is 0 Å². The van der Waals surface area contributed by atoms with Crippen LogP contribution in [0.1, 0.15) is 30.1 Å². The van der Waals surface area contributed by atoms with Crippen LogP contribution in [0.4, 0.5) is 0 Å². The van der Waals surface area contributed by atoms with Crippen molar-refractivity contribution in [1.29, 1.82) is 0 Å². The molecule has 0 radical (unpaired) electrons. The van der Waals surface area contributed by atoms with E-state index in [1.54, 1.807) is 12.5 Å². The molecule has 0 bridgehead atoms. The van der Waals surface area contributed by atoms with Crippen LogP contribution in [-0.2, 0) is 11.3 Å². The Hall–Kier alpha value is -2.63. The van der Waals surface area contributed by atoms with E-state index in [1.807, 2.05) is 15.7 Å². The molecule has 1 fully saturated rings. The van der Waals surface area contributed by atoms with Gasteiger partial charge in [-0.25, -0.2) is 9.97 Å². The van der Waals surface area contributed by atoms with Crippen LogP contribution in [0.25, 0.3) is 11.0 Å². The van der Waals surface area contributed by atoms with Crippen LogP contribution in [-0.4, -0.2) is 43.4 Å². The number of hydrogen-bond acceptors (Lipinski definition) is 3. The zero-order valence-corrected chi connectivity index (χ0v) is 13.8. The lowest BCUT2D eigenvalue weighted by Crippen LogP contribution is -2.39. The first-order valence-electron chi connectivity index (χ1n) is 8.39. The number of imidazole rings is 2. The fraction of sp³-hybridized carbons (Fsp3) is 0.389. The molecule has 1 N–H and O–H groups in total. The molecule has 6 heteroatoms. The molecule has 1 amide bonds. The number of carbonyl (C=O) groups excluding carboxylic acids is 1. The largest absolute Gasteiger partial charge is 0.342 e. The molecule has 1 aromatic carbocycles. The number of H-pyrrole nitrogens is 1. The van der Waals surface area contributed by atoms with Crippen LogP contribution < -0.4 is 0 Å². The van der Waals surface area contributed by atoms with Gasteiger partial charge in [0.1, 0.15) is 12.4 Å². The van der Waals surface area contributed by atoms with Crippen LogP contribution in [0.15, 0.2) is 36.9 Å². The number of aryl methyl sites for hydroxylation is 1. The van der Waals surface area contributed by atoms with Crippen molar-refractivity contribution in [3.63, 3.8) is 0 Å². The normalized spacial score (nSPS) is 16.0. The van der Waals surface area contributed by atoms with Crippen molar-refractivity contribution in [2.75, 3.05) is 13.1 Å². The summed E-state index contributed by atoms with van der Waals surface area (Å²) in [6, 6.07) is 6.21. The third-order valence-electron chi connectivity index (χ3n) is 4.84. The van der Waals surface area contributed by atoms with Crippen LogP contribution in [0.5, 0.6) is 0 Å². The number of nitrogens with zero attached hydrogens (tertiary/aromatic N) is 4. The fourth-order valence-corrected chi connectivity index (χ4v) is 3.43. The van der Waals surface area contributed by atoms with E-state index in [9.17, 15) is 4.79 Å². The van der Waals surface area contributed by atoms with Crippen LogP contribution in [0, 0.1) is 6.92 Å². The summed E-state index contributed by atoms with van der Waals surface area (Å²) < 4.78 is 1.82. The molecule has 124 valence electrons. The molecular weight excluding hydrogens is 302 g/mol. The second-order valence-corrected chi connectivity index (χ2v) is 6.48. The molecule has 0 aliphatic carbocycles. The quantitative estimate of drug-likeness (QED) is 0.805. The zero-order chi connectivity index (χ0) is 16.5. The molecule has 2 aromatic heterocycles. The molecule has 3 heterocycles. The average molecular weight is 323 g/mol. The number of aromatic nitrogens is 4. The van der Waals surface area contributed by atoms with Gasteiger partial charge in [-0.3, -0.25) is 4.79 Å². The monoisotopic (exact) mass is 323 g/mol. The smallest absolute Gasteiger partial charge is 0.242 e.